The van der Waals surface area contributed by atoms with Crippen molar-refractivity contribution in [3.63, 3.8) is 0 Å². The lowest BCUT2D eigenvalue weighted by Crippen LogP contribution is -2.39. The zero-order chi connectivity index (χ0) is 21.3. The Kier molecular flexibility index (Phi) is 5.08. The molecule has 1 aromatic heterocycles. The number of aromatic carboxylic acids is 1. The fourth-order valence-electron chi connectivity index (χ4n) is 2.52. The van der Waals surface area contributed by atoms with E-state index >= 15 is 0 Å². The monoisotopic (exact) mass is 405 g/mol. The van der Waals surface area contributed by atoms with Crippen LogP contribution in [-0.2, 0) is 0 Å². The second-order valence-electron chi connectivity index (χ2n) is 5.69. The molecular formula is C17H13F2N5O5. The van der Waals surface area contributed by atoms with Gasteiger partial charge in [-0.2, -0.15) is 4.68 Å². The number of aromatic nitrogens is 4. The number of carboxylic acids is 1. The van der Waals surface area contributed by atoms with Crippen LogP contribution in [0.25, 0.3) is 5.69 Å². The Morgan fingerprint density at radius 1 is 1.14 bits per heavy atom. The normalized spacial score (nSPS) is 10.6. The van der Waals surface area contributed by atoms with E-state index in [-0.39, 0.29) is 21.7 Å². The topological polar surface area (TPSA) is 120 Å². The van der Waals surface area contributed by atoms with Gasteiger partial charge in [0.15, 0.2) is 11.6 Å². The van der Waals surface area contributed by atoms with Crippen LogP contribution in [0.5, 0.6) is 5.75 Å². The number of carbonyl (C=O) groups is 2. The third-order valence-electron chi connectivity index (χ3n) is 4.00. The van der Waals surface area contributed by atoms with E-state index in [0.717, 1.165) is 29.2 Å². The fourth-order valence-corrected chi connectivity index (χ4v) is 2.52. The van der Waals surface area contributed by atoms with Gasteiger partial charge in [0, 0.05) is 12.7 Å². The first-order chi connectivity index (χ1) is 13.8. The summed E-state index contributed by atoms with van der Waals surface area (Å²) in [7, 11) is 2.54. The van der Waals surface area contributed by atoms with Gasteiger partial charge in [-0.05, 0) is 40.8 Å². The van der Waals surface area contributed by atoms with Crippen molar-refractivity contribution < 1.29 is 28.2 Å². The summed E-state index contributed by atoms with van der Waals surface area (Å²) in [6.07, 6.45) is 0. The summed E-state index contributed by atoms with van der Waals surface area (Å²) in [6.45, 7) is 0. The van der Waals surface area contributed by atoms with Crippen LogP contribution in [0.3, 0.4) is 0 Å². The number of rotatable bonds is 4. The van der Waals surface area contributed by atoms with Crippen LogP contribution in [0, 0.1) is 11.6 Å². The van der Waals surface area contributed by atoms with E-state index in [1.807, 2.05) is 0 Å². The highest BCUT2D eigenvalue weighted by molar-refractivity contribution is 5.96. The molecule has 2 aromatic carbocycles. The second kappa shape index (κ2) is 7.50. The molecule has 0 spiro atoms. The average molecular weight is 405 g/mol. The van der Waals surface area contributed by atoms with Crippen molar-refractivity contribution in [2.45, 2.75) is 0 Å². The van der Waals surface area contributed by atoms with Gasteiger partial charge in [-0.25, -0.2) is 23.2 Å². The highest BCUT2D eigenvalue weighted by atomic mass is 19.1. The first-order valence-electron chi connectivity index (χ1n) is 7.95. The summed E-state index contributed by atoms with van der Waals surface area (Å²) < 4.78 is 33.3. The van der Waals surface area contributed by atoms with Crippen LogP contribution in [0.15, 0.2) is 41.2 Å². The number of amides is 1. The quantitative estimate of drug-likeness (QED) is 0.654. The number of tetrazole rings is 1. The molecule has 0 saturated carbocycles. The number of ether oxygens (including phenoxy) is 1. The Morgan fingerprint density at radius 2 is 1.79 bits per heavy atom. The van der Waals surface area contributed by atoms with E-state index in [9.17, 15) is 28.3 Å². The molecule has 10 nitrogen and oxygen atoms in total. The highest BCUT2D eigenvalue weighted by Gasteiger charge is 2.24. The third kappa shape index (κ3) is 3.42. The third-order valence-corrected chi connectivity index (χ3v) is 4.00. The Balaban J connectivity index is 2.00. The molecule has 12 heteroatoms. The van der Waals surface area contributed by atoms with Crippen LogP contribution in [0.4, 0.5) is 19.3 Å². The number of carbonyl (C=O) groups excluding carboxylic acids is 1. The van der Waals surface area contributed by atoms with Crippen molar-refractivity contribution in [3.8, 4) is 11.4 Å². The first-order valence-corrected chi connectivity index (χ1v) is 7.95. The minimum Gasteiger partial charge on any atom is -0.496 e. The number of anilines is 1. The van der Waals surface area contributed by atoms with Crippen LogP contribution < -0.4 is 15.3 Å². The lowest BCUT2D eigenvalue weighted by Gasteiger charge is -2.17. The van der Waals surface area contributed by atoms with Crippen molar-refractivity contribution in [1.82, 2.24) is 19.8 Å². The van der Waals surface area contributed by atoms with Crippen LogP contribution in [-0.4, -0.2) is 51.1 Å². The van der Waals surface area contributed by atoms with E-state index in [0.29, 0.717) is 4.68 Å². The maximum absolute atomic E-state index is 13.9. The van der Waals surface area contributed by atoms with Gasteiger partial charge in [0.1, 0.15) is 17.0 Å². The van der Waals surface area contributed by atoms with Gasteiger partial charge in [0.05, 0.1) is 7.11 Å². The van der Waals surface area contributed by atoms with Crippen molar-refractivity contribution >= 4 is 17.7 Å². The molecular weight excluding hydrogens is 392 g/mol. The van der Waals surface area contributed by atoms with Gasteiger partial charge in [-0.15, -0.1) is 4.68 Å². The Labute approximate surface area is 161 Å². The number of para-hydroxylation sites is 1. The van der Waals surface area contributed by atoms with Crippen LogP contribution >= 0.6 is 0 Å². The molecule has 0 atom stereocenters. The lowest BCUT2D eigenvalue weighted by molar-refractivity contribution is 0.0693. The molecule has 0 radical (unpaired) electrons. The van der Waals surface area contributed by atoms with Gasteiger partial charge in [-0.1, -0.05) is 6.07 Å². The minimum atomic E-state index is -1.29. The summed E-state index contributed by atoms with van der Waals surface area (Å²) in [5.74, 6) is -3.36. The standard InChI is InChI=1S/C17H13F2N5O5/c1-22(9-6-7-13(29-2)10(8-9)15(25)26)16(27)24-17(28)23(20-21-24)14-11(18)4-3-5-12(14)19/h3-8H,1-2H3,(H,25,26). The van der Waals surface area contributed by atoms with Crippen molar-refractivity contribution in [3.05, 3.63) is 64.1 Å². The highest BCUT2D eigenvalue weighted by Crippen LogP contribution is 2.25. The predicted octanol–water partition coefficient (Wildman–Crippen LogP) is 1.52. The Hall–Kier alpha value is -4.09. The second-order valence-corrected chi connectivity index (χ2v) is 5.69. The number of methoxy groups -OCH3 is 1. The zero-order valence-corrected chi connectivity index (χ0v) is 15.0. The number of carboxylic acid groups (broad SMARTS) is 1. The summed E-state index contributed by atoms with van der Waals surface area (Å²) in [5, 5.41) is 16.0. The predicted molar refractivity (Wildman–Crippen MR) is 94.7 cm³/mol. The summed E-state index contributed by atoms with van der Waals surface area (Å²) >= 11 is 0. The van der Waals surface area contributed by atoms with Crippen molar-refractivity contribution in [2.75, 3.05) is 19.1 Å². The fraction of sp³-hybridized carbons (Fsp3) is 0.118. The van der Waals surface area contributed by atoms with Gasteiger partial charge in [0.25, 0.3) is 0 Å². The molecule has 0 aliphatic heterocycles. The van der Waals surface area contributed by atoms with E-state index in [2.05, 4.69) is 10.4 Å². The van der Waals surface area contributed by atoms with Gasteiger partial charge in [-0.3, -0.25) is 4.90 Å². The summed E-state index contributed by atoms with van der Waals surface area (Å²) in [5.41, 5.74) is -2.10. The average Bonchev–Trinajstić information content (AvgIpc) is 3.07. The molecule has 0 aliphatic carbocycles. The molecule has 1 amide bonds. The molecule has 150 valence electrons. The van der Waals surface area contributed by atoms with E-state index in [1.165, 1.54) is 26.3 Å². The van der Waals surface area contributed by atoms with Crippen molar-refractivity contribution in [2.24, 2.45) is 0 Å². The van der Waals surface area contributed by atoms with Gasteiger partial charge in [0.2, 0.25) is 0 Å². The van der Waals surface area contributed by atoms with Crippen LogP contribution in [0.1, 0.15) is 10.4 Å². The molecule has 1 heterocycles. The number of halogens is 2. The number of nitrogens with zero attached hydrogens (tertiary/aromatic N) is 5. The van der Waals surface area contributed by atoms with E-state index < -0.39 is 35.0 Å². The van der Waals surface area contributed by atoms with Crippen molar-refractivity contribution in [1.29, 1.82) is 0 Å². The molecule has 3 rings (SSSR count). The minimum absolute atomic E-state index is 0.0697. The van der Waals surface area contributed by atoms with Gasteiger partial charge >= 0.3 is 17.7 Å². The lowest BCUT2D eigenvalue weighted by atomic mass is 10.1. The summed E-state index contributed by atoms with van der Waals surface area (Å²) in [4.78, 5) is 37.3. The van der Waals surface area contributed by atoms with Crippen LogP contribution in [0.2, 0.25) is 0 Å². The molecule has 3 aromatic rings. The Bertz CT molecular complexity index is 1150. The maximum atomic E-state index is 13.9. The SMILES string of the molecule is COc1ccc(N(C)C(=O)n2nnn(-c3c(F)cccc3F)c2=O)cc1C(=O)O. The van der Waals surface area contributed by atoms with Gasteiger partial charge < -0.3 is 9.84 Å². The molecule has 0 saturated heterocycles. The zero-order valence-electron chi connectivity index (χ0n) is 15.0. The smallest absolute Gasteiger partial charge is 0.377 e. The maximum Gasteiger partial charge on any atom is 0.377 e. The largest absolute Gasteiger partial charge is 0.496 e. The number of hydrogen-bond acceptors (Lipinski definition) is 6. The van der Waals surface area contributed by atoms with E-state index in [1.54, 1.807) is 0 Å². The molecule has 0 bridgehead atoms. The molecule has 0 fully saturated rings. The summed E-state index contributed by atoms with van der Waals surface area (Å²) in [6, 6.07) is 5.79. The molecule has 1 N–H and O–H groups in total. The molecule has 0 aliphatic rings. The molecule has 0 unspecified atom stereocenters. The first kappa shape index (κ1) is 19.7. The van der Waals surface area contributed by atoms with E-state index in [4.69, 9.17) is 4.74 Å². The number of hydrogen-bond donors (Lipinski definition) is 1. The number of benzene rings is 2. The Morgan fingerprint density at radius 3 is 2.38 bits per heavy atom. The molecule has 29 heavy (non-hydrogen) atoms.